The van der Waals surface area contributed by atoms with Crippen molar-refractivity contribution >= 4 is 70.7 Å². The molecule has 24 heteroatoms. The number of carbonyl (C=O) groups is 11. The topological polar surface area (TPSA) is 335 Å². The van der Waals surface area contributed by atoms with Crippen molar-refractivity contribution in [2.45, 2.75) is 167 Å². The van der Waals surface area contributed by atoms with Gasteiger partial charge < -0.3 is 62.2 Å². The van der Waals surface area contributed by atoms with Crippen molar-refractivity contribution in [3.05, 3.63) is 114 Å². The standard InChI is InChI=1S/C68H95N11O13/c1-44(2)38-53(61(84)68(7)43-92-68)74-65(88)55(40-48-20-13-9-14-21-48)76-64(87)54(39-45(3)4)75-63(86)52(29-26-47-18-11-8-12-19-47)72-57(81)42-79(34-36-91-37-35-79)41-49-24-27-50(28-25-49)71-62(85)51(22-17-32-70-67(69)90)73-66(89)60(46(5)6)77-56(80)23-15-10-16-33-78-58(82)30-31-59(78)83/h8-9,11-14,18-21,24-25,27-28,30-31,44-46,51-55,60H,10,15-17,22-23,26,29,32-43H2,1-7H3,(H9-,69,70,71,72,73,74,75,76,77,80,81,85,86,87,88,89,90)/p+1. The first kappa shape index (κ1) is 72.7. The van der Waals surface area contributed by atoms with Gasteiger partial charge in [-0.05, 0) is 99.3 Å². The van der Waals surface area contributed by atoms with Gasteiger partial charge in [-0.2, -0.15) is 0 Å². The summed E-state index contributed by atoms with van der Waals surface area (Å²) in [4.78, 5) is 149. The molecule has 0 radical (unpaired) electrons. The molecule has 3 aromatic rings. The molecule has 92 heavy (non-hydrogen) atoms. The molecule has 0 spiro atoms. The molecule has 3 aliphatic rings. The molecule has 2 fully saturated rings. The number of Topliss-reactive ketones (excluding diaryl/α,β-unsaturated/α-hetero) is 1. The van der Waals surface area contributed by atoms with Crippen LogP contribution in [0.2, 0.25) is 0 Å². The number of carbonyl (C=O) groups excluding carboxylic acids is 11. The fraction of sp³-hybridized carbons (Fsp3) is 0.544. The van der Waals surface area contributed by atoms with E-state index in [0.29, 0.717) is 70.6 Å². The van der Waals surface area contributed by atoms with Crippen molar-refractivity contribution in [2.24, 2.45) is 23.5 Å². The van der Waals surface area contributed by atoms with Crippen LogP contribution in [0.15, 0.2) is 97.1 Å². The maximum atomic E-state index is 14.7. The Morgan fingerprint density at radius 1 is 0.587 bits per heavy atom. The normalized spacial score (nSPS) is 17.8. The zero-order valence-corrected chi connectivity index (χ0v) is 54.4. The first-order chi connectivity index (χ1) is 43.8. The number of unbranched alkanes of at least 4 members (excludes halogenated alkanes) is 2. The number of nitrogens with zero attached hydrogens (tertiary/aromatic N) is 2. The first-order valence-corrected chi connectivity index (χ1v) is 32.3. The van der Waals surface area contributed by atoms with Crippen LogP contribution in [0, 0.1) is 17.8 Å². The van der Waals surface area contributed by atoms with E-state index in [2.05, 4.69) is 42.5 Å². The highest BCUT2D eigenvalue weighted by Crippen LogP contribution is 2.30. The van der Waals surface area contributed by atoms with Gasteiger partial charge in [0.05, 0.1) is 25.9 Å². The summed E-state index contributed by atoms with van der Waals surface area (Å²) in [6.45, 7) is 15.6. The fourth-order valence-corrected chi connectivity index (χ4v) is 11.3. The number of ketones is 1. The van der Waals surface area contributed by atoms with Crippen molar-refractivity contribution in [3.8, 4) is 0 Å². The number of rotatable bonds is 38. The number of aryl methyl sites for hydroxylation is 1. The number of primary amides is 1. The van der Waals surface area contributed by atoms with Crippen molar-refractivity contribution < 1.29 is 66.7 Å². The predicted molar refractivity (Wildman–Crippen MR) is 345 cm³/mol. The van der Waals surface area contributed by atoms with Gasteiger partial charge in [0.25, 0.3) is 17.7 Å². The van der Waals surface area contributed by atoms with Gasteiger partial charge in [-0.1, -0.05) is 121 Å². The number of quaternary nitrogens is 1. The summed E-state index contributed by atoms with van der Waals surface area (Å²) in [5.74, 6) is -5.01. The van der Waals surface area contributed by atoms with Crippen molar-refractivity contribution in [3.63, 3.8) is 0 Å². The maximum Gasteiger partial charge on any atom is 0.312 e. The number of epoxide rings is 1. The van der Waals surface area contributed by atoms with Crippen LogP contribution in [-0.4, -0.2) is 169 Å². The van der Waals surface area contributed by atoms with E-state index in [-0.39, 0.29) is 111 Å². The van der Waals surface area contributed by atoms with E-state index in [1.807, 2.05) is 100 Å². The van der Waals surface area contributed by atoms with E-state index in [0.717, 1.165) is 21.6 Å². The third kappa shape index (κ3) is 23.7. The summed E-state index contributed by atoms with van der Waals surface area (Å²) < 4.78 is 11.5. The Morgan fingerprint density at radius 3 is 1.74 bits per heavy atom. The van der Waals surface area contributed by atoms with Crippen LogP contribution >= 0.6 is 0 Å². The minimum absolute atomic E-state index is 0.0259. The zero-order chi connectivity index (χ0) is 67.0. The minimum Gasteiger partial charge on any atom is -0.370 e. The number of urea groups is 1. The SMILES string of the molecule is CC(C)CC(NC(=O)C(CCc1ccccc1)NC(=O)C[N+]1(Cc2ccc(NC(=O)C(CCCNC(N)=O)NC(=O)C(NC(=O)CCCCCN3C(=O)C=CC3=O)C(C)C)cc2)CCOCC1)C(=O)NC(Cc1ccccc1)C(=O)NC(CC(C)C)C(=O)C1(C)CO1. The Kier molecular flexibility index (Phi) is 28.0. The lowest BCUT2D eigenvalue weighted by Crippen LogP contribution is -2.61. The summed E-state index contributed by atoms with van der Waals surface area (Å²) >= 11 is 0. The highest BCUT2D eigenvalue weighted by atomic mass is 16.6. The van der Waals surface area contributed by atoms with Crippen molar-refractivity contribution in [1.82, 2.24) is 42.1 Å². The lowest BCUT2D eigenvalue weighted by molar-refractivity contribution is -0.940. The maximum absolute atomic E-state index is 14.7. The molecule has 6 rings (SSSR count). The van der Waals surface area contributed by atoms with Crippen molar-refractivity contribution in [1.29, 1.82) is 0 Å². The van der Waals surface area contributed by atoms with Gasteiger partial charge in [-0.25, -0.2) is 4.79 Å². The molecule has 3 aromatic carbocycles. The first-order valence-electron chi connectivity index (χ1n) is 32.3. The molecule has 0 bridgehead atoms. The number of nitrogens with two attached hydrogens (primary N) is 1. The molecule has 0 saturated carbocycles. The van der Waals surface area contributed by atoms with E-state index in [1.54, 1.807) is 32.9 Å². The lowest BCUT2D eigenvalue weighted by Gasteiger charge is -2.41. The number of nitrogens with one attached hydrogen (secondary N) is 8. The average molecular weight is 1280 g/mol. The number of hydrogen-bond acceptors (Lipinski definition) is 13. The van der Waals surface area contributed by atoms with E-state index < -0.39 is 83.3 Å². The van der Waals surface area contributed by atoms with Crippen LogP contribution in [0.3, 0.4) is 0 Å². The Morgan fingerprint density at radius 2 is 1.14 bits per heavy atom. The molecular formula is C68H96N11O13+. The van der Waals surface area contributed by atoms with Crippen LogP contribution in [0.25, 0.3) is 0 Å². The predicted octanol–water partition coefficient (Wildman–Crippen LogP) is 3.80. The molecule has 2 saturated heterocycles. The Labute approximate surface area is 540 Å². The third-order valence-electron chi connectivity index (χ3n) is 16.6. The van der Waals surface area contributed by atoms with Gasteiger partial charge in [-0.3, -0.25) is 52.8 Å². The van der Waals surface area contributed by atoms with Crippen LogP contribution in [-0.2, 0) is 76.8 Å². The molecule has 500 valence electrons. The molecule has 0 aliphatic carbocycles. The molecule has 7 atom stereocenters. The largest absolute Gasteiger partial charge is 0.370 e. The van der Waals surface area contributed by atoms with Gasteiger partial charge in [0.2, 0.25) is 35.4 Å². The quantitative estimate of drug-likeness (QED) is 0.0171. The number of morpholine rings is 1. The molecular weight excluding hydrogens is 1180 g/mol. The summed E-state index contributed by atoms with van der Waals surface area (Å²) in [7, 11) is 0. The van der Waals surface area contributed by atoms with Crippen molar-refractivity contribution in [2.75, 3.05) is 57.9 Å². The minimum atomic E-state index is -1.12. The highest BCUT2D eigenvalue weighted by Gasteiger charge is 2.50. The Hall–Kier alpha value is -8.35. The number of anilines is 1. The smallest absolute Gasteiger partial charge is 0.312 e. The summed E-state index contributed by atoms with van der Waals surface area (Å²) in [6, 6.07) is 18.8. The number of benzene rings is 3. The molecule has 11 amide bonds. The fourth-order valence-electron chi connectivity index (χ4n) is 11.3. The van der Waals surface area contributed by atoms with Gasteiger partial charge in [-0.15, -0.1) is 0 Å². The highest BCUT2D eigenvalue weighted by molar-refractivity contribution is 6.12. The van der Waals surface area contributed by atoms with E-state index >= 15 is 0 Å². The summed E-state index contributed by atoms with van der Waals surface area (Å²) in [5.41, 5.74) is 7.23. The van der Waals surface area contributed by atoms with Gasteiger partial charge in [0.15, 0.2) is 12.3 Å². The van der Waals surface area contributed by atoms with Gasteiger partial charge in [0, 0.05) is 49.3 Å². The molecule has 24 nitrogen and oxygen atoms in total. The van der Waals surface area contributed by atoms with Crippen LogP contribution in [0.4, 0.5) is 10.5 Å². The van der Waals surface area contributed by atoms with Gasteiger partial charge in [0.1, 0.15) is 55.4 Å². The molecule has 0 aromatic heterocycles. The molecule has 10 N–H and O–H groups in total. The number of ether oxygens (including phenoxy) is 2. The van der Waals surface area contributed by atoms with Crippen LogP contribution < -0.4 is 48.3 Å². The Bertz CT molecular complexity index is 3020. The molecule has 3 heterocycles. The summed E-state index contributed by atoms with van der Waals surface area (Å²) in [5, 5.41) is 22.8. The van der Waals surface area contributed by atoms with Crippen LogP contribution in [0.5, 0.6) is 0 Å². The second kappa shape index (κ2) is 35.5. The van der Waals surface area contributed by atoms with E-state index in [9.17, 15) is 52.7 Å². The number of hydrogen-bond donors (Lipinski definition) is 9. The second-order valence-corrected chi connectivity index (χ2v) is 25.8. The zero-order valence-electron chi connectivity index (χ0n) is 54.4. The van der Waals surface area contributed by atoms with E-state index in [1.165, 1.54) is 12.2 Å². The average Bonchev–Trinajstić information content (AvgIpc) is 1.61. The third-order valence-corrected chi connectivity index (χ3v) is 16.6. The lowest BCUT2D eigenvalue weighted by atomic mass is 9.93. The monoisotopic (exact) mass is 1270 g/mol. The number of amides is 11. The number of imide groups is 1. The molecule has 3 aliphatic heterocycles. The Balaban J connectivity index is 1.12. The van der Waals surface area contributed by atoms with Crippen LogP contribution in [0.1, 0.15) is 123 Å². The van der Waals surface area contributed by atoms with Gasteiger partial charge >= 0.3 is 6.03 Å². The molecule has 7 unspecified atom stereocenters. The second-order valence-electron chi connectivity index (χ2n) is 25.8. The summed E-state index contributed by atoms with van der Waals surface area (Å²) in [6.07, 6.45) is 5.73. The van der Waals surface area contributed by atoms with E-state index in [4.69, 9.17) is 15.2 Å².